The molecule has 0 aliphatic carbocycles. The number of ether oxygens (including phenoxy) is 1. The topological polar surface area (TPSA) is 71.5 Å². The molecule has 0 saturated carbocycles. The van der Waals surface area contributed by atoms with Crippen LogP contribution in [-0.2, 0) is 21.3 Å². The van der Waals surface area contributed by atoms with E-state index < -0.39 is 10.0 Å². The summed E-state index contributed by atoms with van der Waals surface area (Å²) in [5.41, 5.74) is 0.830. The zero-order chi connectivity index (χ0) is 17.2. The lowest BCUT2D eigenvalue weighted by Crippen LogP contribution is -2.41. The normalized spacial score (nSPS) is 18.8. The minimum absolute atomic E-state index is 0.196. The molecule has 0 bridgehead atoms. The summed E-state index contributed by atoms with van der Waals surface area (Å²) in [5.74, 6) is 0.894. The summed E-state index contributed by atoms with van der Waals surface area (Å²) in [5, 5.41) is 0. The van der Waals surface area contributed by atoms with E-state index in [1.807, 2.05) is 26.0 Å². The second kappa shape index (κ2) is 7.18. The number of aromatic nitrogens is 1. The predicted molar refractivity (Wildman–Crippen MR) is 94.9 cm³/mol. The van der Waals surface area contributed by atoms with Gasteiger partial charge in [0.2, 0.25) is 10.0 Å². The molecule has 0 unspecified atom stereocenters. The number of pyridine rings is 1. The number of anilines is 1. The van der Waals surface area contributed by atoms with Crippen LogP contribution in [0.4, 0.5) is 5.82 Å². The molecule has 3 heterocycles. The lowest BCUT2D eigenvalue weighted by molar-refractivity contribution is 0.0529. The molecule has 1 aliphatic rings. The maximum absolute atomic E-state index is 12.2. The van der Waals surface area contributed by atoms with E-state index in [-0.39, 0.29) is 12.6 Å². The van der Waals surface area contributed by atoms with Crippen LogP contribution in [-0.4, -0.2) is 39.2 Å². The van der Waals surface area contributed by atoms with E-state index >= 15 is 0 Å². The first-order valence-electron chi connectivity index (χ1n) is 7.81. The number of nitrogens with zero attached hydrogens (tertiary/aromatic N) is 2. The molecule has 1 N–H and O–H groups in total. The maximum Gasteiger partial charge on any atom is 0.250 e. The number of hydrogen-bond acceptors (Lipinski definition) is 6. The van der Waals surface area contributed by atoms with Crippen LogP contribution in [0.15, 0.2) is 34.7 Å². The minimum atomic E-state index is -3.46. The Morgan fingerprint density at radius 2 is 2.21 bits per heavy atom. The average molecular weight is 367 g/mol. The van der Waals surface area contributed by atoms with E-state index in [1.54, 1.807) is 18.3 Å². The summed E-state index contributed by atoms with van der Waals surface area (Å²) in [6.07, 6.45) is 1.92. The summed E-state index contributed by atoms with van der Waals surface area (Å²) in [4.78, 5) is 7.60. The highest BCUT2D eigenvalue weighted by atomic mass is 32.2. The third-order valence-electron chi connectivity index (χ3n) is 3.82. The Bertz CT molecular complexity index is 787. The SMILES string of the molecule is Cc1ccc(S(=O)(=O)NCc2ccc(N3CCO[C@H](C)C3)nc2)s1. The molecule has 1 saturated heterocycles. The van der Waals surface area contributed by atoms with E-state index in [2.05, 4.69) is 14.6 Å². The van der Waals surface area contributed by atoms with Crippen LogP contribution >= 0.6 is 11.3 Å². The highest BCUT2D eigenvalue weighted by Crippen LogP contribution is 2.21. The number of thiophene rings is 1. The molecular formula is C16H21N3O3S2. The average Bonchev–Trinajstić information content (AvgIpc) is 3.01. The third kappa shape index (κ3) is 4.13. The number of rotatable bonds is 5. The molecule has 0 spiro atoms. The van der Waals surface area contributed by atoms with Gasteiger partial charge in [-0.1, -0.05) is 6.07 Å². The molecule has 3 rings (SSSR count). The van der Waals surface area contributed by atoms with Gasteiger partial charge >= 0.3 is 0 Å². The predicted octanol–water partition coefficient (Wildman–Crippen LogP) is 2.16. The highest BCUT2D eigenvalue weighted by molar-refractivity contribution is 7.91. The zero-order valence-electron chi connectivity index (χ0n) is 13.7. The Morgan fingerprint density at radius 1 is 1.38 bits per heavy atom. The van der Waals surface area contributed by atoms with Crippen LogP contribution in [0.3, 0.4) is 0 Å². The molecule has 24 heavy (non-hydrogen) atoms. The van der Waals surface area contributed by atoms with Crippen LogP contribution in [0.1, 0.15) is 17.4 Å². The molecule has 2 aromatic heterocycles. The van der Waals surface area contributed by atoms with Crippen LogP contribution in [0, 0.1) is 6.92 Å². The second-order valence-electron chi connectivity index (χ2n) is 5.84. The molecule has 0 amide bonds. The Labute approximate surface area is 146 Å². The van der Waals surface area contributed by atoms with Gasteiger partial charge in [0.15, 0.2) is 0 Å². The van der Waals surface area contributed by atoms with Crippen LogP contribution in [0.5, 0.6) is 0 Å². The van der Waals surface area contributed by atoms with Gasteiger partial charge in [-0.15, -0.1) is 11.3 Å². The van der Waals surface area contributed by atoms with Crippen molar-refractivity contribution in [1.29, 1.82) is 0 Å². The molecule has 2 aromatic rings. The second-order valence-corrected chi connectivity index (χ2v) is 9.12. The van der Waals surface area contributed by atoms with Gasteiger partial charge in [0.25, 0.3) is 0 Å². The molecule has 0 aromatic carbocycles. The van der Waals surface area contributed by atoms with Crippen molar-refractivity contribution >= 4 is 27.2 Å². The summed E-state index contributed by atoms with van der Waals surface area (Å²) in [6, 6.07) is 7.27. The quantitative estimate of drug-likeness (QED) is 0.877. The maximum atomic E-state index is 12.2. The fraction of sp³-hybridized carbons (Fsp3) is 0.438. The van der Waals surface area contributed by atoms with Crippen LogP contribution in [0.2, 0.25) is 0 Å². The third-order valence-corrected chi connectivity index (χ3v) is 6.71. The zero-order valence-corrected chi connectivity index (χ0v) is 15.4. The molecule has 1 aliphatic heterocycles. The molecule has 0 radical (unpaired) electrons. The Kier molecular flexibility index (Phi) is 5.19. The first-order chi connectivity index (χ1) is 11.4. The molecule has 1 atom stereocenters. The summed E-state index contributed by atoms with van der Waals surface area (Å²) in [7, 11) is -3.46. The van der Waals surface area contributed by atoms with Gasteiger partial charge in [0.1, 0.15) is 10.0 Å². The van der Waals surface area contributed by atoms with Gasteiger partial charge in [-0.25, -0.2) is 18.1 Å². The van der Waals surface area contributed by atoms with E-state index in [0.717, 1.165) is 29.3 Å². The van der Waals surface area contributed by atoms with Crippen molar-refractivity contribution in [2.45, 2.75) is 30.7 Å². The fourth-order valence-electron chi connectivity index (χ4n) is 2.54. The Hall–Kier alpha value is -1.48. The van der Waals surface area contributed by atoms with Crippen molar-refractivity contribution in [3.63, 3.8) is 0 Å². The van der Waals surface area contributed by atoms with Crippen LogP contribution < -0.4 is 9.62 Å². The van der Waals surface area contributed by atoms with Crippen molar-refractivity contribution in [1.82, 2.24) is 9.71 Å². The molecule has 130 valence electrons. The summed E-state index contributed by atoms with van der Waals surface area (Å²) >= 11 is 1.27. The summed E-state index contributed by atoms with van der Waals surface area (Å²) < 4.78 is 32.9. The van der Waals surface area contributed by atoms with E-state index in [4.69, 9.17) is 4.74 Å². The van der Waals surface area contributed by atoms with Gasteiger partial charge in [-0.3, -0.25) is 0 Å². The van der Waals surface area contributed by atoms with Gasteiger partial charge in [-0.05, 0) is 37.6 Å². The van der Waals surface area contributed by atoms with Crippen LogP contribution in [0.25, 0.3) is 0 Å². The smallest absolute Gasteiger partial charge is 0.250 e. The van der Waals surface area contributed by atoms with Gasteiger partial charge in [0.05, 0.1) is 12.7 Å². The van der Waals surface area contributed by atoms with Gasteiger partial charge in [-0.2, -0.15) is 0 Å². The molecule has 6 nitrogen and oxygen atoms in total. The first kappa shape index (κ1) is 17.3. The summed E-state index contributed by atoms with van der Waals surface area (Å²) in [6.45, 7) is 6.49. The van der Waals surface area contributed by atoms with Crippen molar-refractivity contribution in [3.8, 4) is 0 Å². The molecule has 8 heteroatoms. The van der Waals surface area contributed by atoms with Crippen molar-refractivity contribution < 1.29 is 13.2 Å². The number of sulfonamides is 1. The number of hydrogen-bond donors (Lipinski definition) is 1. The van der Waals surface area contributed by atoms with Gasteiger partial charge in [0, 0.05) is 30.7 Å². The lowest BCUT2D eigenvalue weighted by Gasteiger charge is -2.32. The molecular weight excluding hydrogens is 346 g/mol. The monoisotopic (exact) mass is 367 g/mol. The van der Waals surface area contributed by atoms with E-state index in [0.29, 0.717) is 10.8 Å². The van der Waals surface area contributed by atoms with E-state index in [9.17, 15) is 8.42 Å². The van der Waals surface area contributed by atoms with Crippen molar-refractivity contribution in [2.24, 2.45) is 0 Å². The van der Waals surface area contributed by atoms with Gasteiger partial charge < -0.3 is 9.64 Å². The first-order valence-corrected chi connectivity index (χ1v) is 10.1. The number of morpholine rings is 1. The lowest BCUT2D eigenvalue weighted by atomic mass is 10.2. The Balaban J connectivity index is 1.62. The number of nitrogens with one attached hydrogen (secondary N) is 1. The van der Waals surface area contributed by atoms with Crippen molar-refractivity contribution in [3.05, 3.63) is 40.9 Å². The largest absolute Gasteiger partial charge is 0.375 e. The Morgan fingerprint density at radius 3 is 2.83 bits per heavy atom. The standard InChI is InChI=1S/C16H21N3O3S2/c1-12-11-19(7-8-22-12)15-5-4-14(9-17-15)10-18-24(20,21)16-6-3-13(2)23-16/h3-6,9,12,18H,7-8,10-11H2,1-2H3/t12-/m1/s1. The van der Waals surface area contributed by atoms with Crippen molar-refractivity contribution in [2.75, 3.05) is 24.6 Å². The van der Waals surface area contributed by atoms with E-state index in [1.165, 1.54) is 11.3 Å². The fourth-order valence-corrected chi connectivity index (χ4v) is 4.89. The molecule has 1 fully saturated rings. The minimum Gasteiger partial charge on any atom is -0.375 e. The highest BCUT2D eigenvalue weighted by Gasteiger charge is 2.18. The number of aryl methyl sites for hydroxylation is 1.